The van der Waals surface area contributed by atoms with Crippen molar-refractivity contribution in [1.29, 1.82) is 0 Å². The van der Waals surface area contributed by atoms with E-state index in [1.807, 2.05) is 0 Å². The third kappa shape index (κ3) is 9.64. The van der Waals surface area contributed by atoms with E-state index >= 15 is 0 Å². The van der Waals surface area contributed by atoms with E-state index in [4.69, 9.17) is 4.74 Å². The third-order valence-electron chi connectivity index (χ3n) is 6.43. The second kappa shape index (κ2) is 12.8. The monoisotopic (exact) mass is 657 g/mol. The molecule has 43 heavy (non-hydrogen) atoms. The molecule has 8 nitrogen and oxygen atoms in total. The number of thiazole rings is 1. The maximum atomic E-state index is 14.7. The van der Waals surface area contributed by atoms with Gasteiger partial charge in [0.25, 0.3) is 11.8 Å². The third-order valence-corrected chi connectivity index (χ3v) is 9.47. The summed E-state index contributed by atoms with van der Waals surface area (Å²) < 4.78 is 124. The number of carbonyl (C=O) groups excluding carboxylic acids is 2. The molecule has 2 fully saturated rings. The summed E-state index contributed by atoms with van der Waals surface area (Å²) in [4.78, 5) is 31.0. The highest BCUT2D eigenvalue weighted by atomic mass is 32.2. The number of aromatic nitrogens is 1. The van der Waals surface area contributed by atoms with Gasteiger partial charge in [0.05, 0.1) is 18.3 Å². The summed E-state index contributed by atoms with van der Waals surface area (Å²) in [5, 5.41) is 0.973. The first-order valence-electron chi connectivity index (χ1n) is 13.1. The van der Waals surface area contributed by atoms with Crippen molar-refractivity contribution in [1.82, 2.24) is 15.0 Å². The highest BCUT2D eigenvalue weighted by Crippen LogP contribution is 2.45. The molecule has 1 heterocycles. The summed E-state index contributed by atoms with van der Waals surface area (Å²) in [6, 6.07) is 3.20. The average molecular weight is 658 g/mol. The van der Waals surface area contributed by atoms with Crippen molar-refractivity contribution in [2.24, 2.45) is 0 Å². The molecule has 1 aromatic heterocycles. The number of ether oxygens (including phenoxy) is 1. The number of nitrogens with one attached hydrogen (secondary N) is 2. The standard InChI is InChI=1S/C26H26F7N3O5S2/c27-19-10-16(41-9-1-8-25(28,29)30)5-4-15(19)12-34-22(37)21(23(38)36-43(39,40)17-6-7-17)18(11-26(31,32)33)24-35-13-20(42-24)14-2-3-14/h4-5,10,13-14,17H,1-3,6-9,11-12H2,(H,34,37)(H,36,38)/b21-18-. The van der Waals surface area contributed by atoms with Gasteiger partial charge in [0.2, 0.25) is 10.0 Å². The van der Waals surface area contributed by atoms with Crippen molar-refractivity contribution in [2.75, 3.05) is 6.61 Å². The van der Waals surface area contributed by atoms with Crippen LogP contribution in [0.25, 0.3) is 5.57 Å². The van der Waals surface area contributed by atoms with Crippen LogP contribution in [-0.4, -0.2) is 49.4 Å². The summed E-state index contributed by atoms with van der Waals surface area (Å²) in [6.45, 7) is -0.973. The molecule has 2 aliphatic rings. The molecular weight excluding hydrogens is 631 g/mol. The Morgan fingerprint density at radius 3 is 2.30 bits per heavy atom. The maximum Gasteiger partial charge on any atom is 0.393 e. The zero-order chi connectivity index (χ0) is 31.6. The Bertz CT molecular complexity index is 1490. The Labute approximate surface area is 245 Å². The number of alkyl halides is 6. The Hall–Kier alpha value is -3.21. The van der Waals surface area contributed by atoms with E-state index < -0.39 is 75.8 Å². The van der Waals surface area contributed by atoms with Crippen molar-refractivity contribution in [3.63, 3.8) is 0 Å². The summed E-state index contributed by atoms with van der Waals surface area (Å²) in [5.74, 6) is -3.92. The summed E-state index contributed by atoms with van der Waals surface area (Å²) in [5.41, 5.74) is -2.14. The number of benzene rings is 1. The lowest BCUT2D eigenvalue weighted by Crippen LogP contribution is -2.40. The van der Waals surface area contributed by atoms with E-state index in [-0.39, 0.29) is 48.1 Å². The highest BCUT2D eigenvalue weighted by Gasteiger charge is 2.41. The molecule has 0 radical (unpaired) electrons. The van der Waals surface area contributed by atoms with Gasteiger partial charge in [-0.2, -0.15) is 26.3 Å². The van der Waals surface area contributed by atoms with Crippen LogP contribution in [0.15, 0.2) is 30.0 Å². The molecule has 2 amide bonds. The van der Waals surface area contributed by atoms with Crippen LogP contribution in [0.3, 0.4) is 0 Å². The van der Waals surface area contributed by atoms with Crippen LogP contribution in [0.4, 0.5) is 30.7 Å². The summed E-state index contributed by atoms with van der Waals surface area (Å²) >= 11 is 0.865. The van der Waals surface area contributed by atoms with Crippen molar-refractivity contribution in [2.45, 2.75) is 75.0 Å². The fourth-order valence-corrected chi connectivity index (χ4v) is 6.38. The van der Waals surface area contributed by atoms with Gasteiger partial charge in [-0.3, -0.25) is 9.59 Å². The van der Waals surface area contributed by atoms with E-state index in [0.29, 0.717) is 4.88 Å². The molecule has 0 unspecified atom stereocenters. The smallest absolute Gasteiger partial charge is 0.393 e. The molecule has 2 saturated carbocycles. The number of sulfonamides is 1. The van der Waals surface area contributed by atoms with E-state index in [1.165, 1.54) is 12.3 Å². The quantitative estimate of drug-likeness (QED) is 0.0966. The molecule has 0 aliphatic heterocycles. The second-order valence-corrected chi connectivity index (χ2v) is 13.2. The number of carbonyl (C=O) groups is 2. The van der Waals surface area contributed by atoms with E-state index in [9.17, 15) is 48.7 Å². The van der Waals surface area contributed by atoms with Gasteiger partial charge < -0.3 is 10.1 Å². The Balaban J connectivity index is 1.57. The van der Waals surface area contributed by atoms with E-state index in [2.05, 4.69) is 10.3 Å². The van der Waals surface area contributed by atoms with Crippen molar-refractivity contribution < 1.29 is 53.5 Å². The Kier molecular flexibility index (Phi) is 9.73. The molecule has 2 aliphatic carbocycles. The van der Waals surface area contributed by atoms with Gasteiger partial charge in [0.15, 0.2) is 0 Å². The first kappa shape index (κ1) is 32.7. The lowest BCUT2D eigenvalue weighted by atomic mass is 10.0. The molecule has 17 heteroatoms. The molecule has 0 bridgehead atoms. The van der Waals surface area contributed by atoms with E-state index in [0.717, 1.165) is 36.3 Å². The second-order valence-electron chi connectivity index (χ2n) is 10.2. The number of hydrogen-bond acceptors (Lipinski definition) is 7. The summed E-state index contributed by atoms with van der Waals surface area (Å²) in [6.07, 6.45) is -9.08. The molecule has 4 rings (SSSR count). The van der Waals surface area contributed by atoms with Gasteiger partial charge in [-0.15, -0.1) is 11.3 Å². The van der Waals surface area contributed by atoms with Gasteiger partial charge in [-0.1, -0.05) is 6.07 Å². The molecule has 2 N–H and O–H groups in total. The Morgan fingerprint density at radius 1 is 1.02 bits per heavy atom. The number of amides is 2. The normalized spacial score (nSPS) is 16.4. The fraction of sp³-hybridized carbons (Fsp3) is 0.500. The molecule has 2 aromatic rings. The van der Waals surface area contributed by atoms with Crippen LogP contribution < -0.4 is 14.8 Å². The number of halogens is 7. The molecule has 0 spiro atoms. The van der Waals surface area contributed by atoms with Crippen LogP contribution >= 0.6 is 11.3 Å². The number of allylic oxidation sites excluding steroid dienone is 1. The zero-order valence-corrected chi connectivity index (χ0v) is 23.9. The van der Waals surface area contributed by atoms with Crippen molar-refractivity contribution >= 4 is 38.7 Å². The lowest BCUT2D eigenvalue weighted by molar-refractivity contribution is -0.136. The van der Waals surface area contributed by atoms with Gasteiger partial charge >= 0.3 is 12.4 Å². The highest BCUT2D eigenvalue weighted by molar-refractivity contribution is 7.91. The number of nitrogens with zero attached hydrogens (tertiary/aromatic N) is 1. The first-order valence-corrected chi connectivity index (χ1v) is 15.5. The van der Waals surface area contributed by atoms with Crippen LogP contribution in [0.2, 0.25) is 0 Å². The van der Waals surface area contributed by atoms with Crippen LogP contribution in [0.1, 0.15) is 66.3 Å². The number of hydrogen-bond donors (Lipinski definition) is 2. The summed E-state index contributed by atoms with van der Waals surface area (Å²) in [7, 11) is -4.27. The van der Waals surface area contributed by atoms with Crippen LogP contribution in [0, 0.1) is 5.82 Å². The predicted octanol–water partition coefficient (Wildman–Crippen LogP) is 5.51. The van der Waals surface area contributed by atoms with Gasteiger partial charge in [0, 0.05) is 41.2 Å². The number of rotatable bonds is 13. The van der Waals surface area contributed by atoms with Gasteiger partial charge in [0.1, 0.15) is 22.1 Å². The first-order chi connectivity index (χ1) is 20.0. The van der Waals surface area contributed by atoms with Crippen molar-refractivity contribution in [3.8, 4) is 5.75 Å². The molecule has 0 saturated heterocycles. The molecular formula is C26H26F7N3O5S2. The topological polar surface area (TPSA) is 114 Å². The van der Waals surface area contributed by atoms with Gasteiger partial charge in [-0.05, 0) is 44.1 Å². The minimum Gasteiger partial charge on any atom is -0.493 e. The van der Waals surface area contributed by atoms with Crippen molar-refractivity contribution in [3.05, 3.63) is 51.2 Å². The Morgan fingerprint density at radius 2 is 1.72 bits per heavy atom. The molecule has 1 aromatic carbocycles. The maximum absolute atomic E-state index is 14.7. The molecule has 236 valence electrons. The minimum absolute atomic E-state index is 0.0947. The largest absolute Gasteiger partial charge is 0.493 e. The predicted molar refractivity (Wildman–Crippen MR) is 141 cm³/mol. The SMILES string of the molecule is O=C(NCc1ccc(OCCCC(F)(F)F)cc1F)/C(C(=O)NS(=O)(=O)C1CC1)=C(\CC(F)(F)F)c1ncc(C2CC2)s1. The zero-order valence-electron chi connectivity index (χ0n) is 22.3. The lowest BCUT2D eigenvalue weighted by Gasteiger charge is -2.16. The van der Waals surface area contributed by atoms with Gasteiger partial charge in [-0.25, -0.2) is 22.5 Å². The van der Waals surface area contributed by atoms with Crippen LogP contribution in [-0.2, 0) is 26.2 Å². The minimum atomic E-state index is -4.91. The molecule has 0 atom stereocenters. The average Bonchev–Trinajstić information content (AvgIpc) is 3.82. The fourth-order valence-electron chi connectivity index (χ4n) is 3.96. The van der Waals surface area contributed by atoms with Crippen LogP contribution in [0.5, 0.6) is 5.75 Å². The van der Waals surface area contributed by atoms with E-state index in [1.54, 1.807) is 4.72 Å².